The molecule has 0 saturated carbocycles. The van der Waals surface area contributed by atoms with Gasteiger partial charge in [0.2, 0.25) is 0 Å². The first-order valence-corrected chi connectivity index (χ1v) is 17.6. The molecular formula is C20H42O2Sn. The van der Waals surface area contributed by atoms with Gasteiger partial charge < -0.3 is 0 Å². The molecular weight excluding hydrogens is 391 g/mol. The van der Waals surface area contributed by atoms with Crippen LogP contribution in [-0.4, -0.2) is 41.3 Å². The van der Waals surface area contributed by atoms with E-state index >= 15 is 0 Å². The van der Waals surface area contributed by atoms with E-state index in [2.05, 4.69) is 27.7 Å². The summed E-state index contributed by atoms with van der Waals surface area (Å²) in [7, 11) is 0. The average Bonchev–Trinajstić information content (AvgIpc) is 2.57. The summed E-state index contributed by atoms with van der Waals surface area (Å²) in [5.74, 6) is 0. The molecule has 138 valence electrons. The second-order valence-corrected chi connectivity index (χ2v) is 20.3. The fraction of sp³-hybridized carbons (Fsp3) is 0.900. The Bertz CT molecular complexity index is 280. The normalized spacial score (nSPS) is 14.3. The molecule has 0 aromatic carbocycles. The van der Waals surface area contributed by atoms with Crippen LogP contribution in [-0.2, 0) is 0 Å². The van der Waals surface area contributed by atoms with Crippen LogP contribution >= 0.6 is 0 Å². The third kappa shape index (κ3) is 8.92. The number of hydrogen-bond donors (Lipinski definition) is 2. The van der Waals surface area contributed by atoms with Crippen molar-refractivity contribution >= 4 is 18.4 Å². The van der Waals surface area contributed by atoms with E-state index in [-0.39, 0.29) is 12.7 Å². The van der Waals surface area contributed by atoms with E-state index in [1.165, 1.54) is 55.4 Å². The quantitative estimate of drug-likeness (QED) is 0.319. The molecule has 2 nitrogen and oxygen atoms in total. The van der Waals surface area contributed by atoms with Crippen LogP contribution in [0.25, 0.3) is 0 Å². The fourth-order valence-electron chi connectivity index (χ4n) is 3.71. The van der Waals surface area contributed by atoms with Crippen LogP contribution in [0.2, 0.25) is 13.3 Å². The van der Waals surface area contributed by atoms with Gasteiger partial charge in [0.25, 0.3) is 0 Å². The molecule has 3 heteroatoms. The summed E-state index contributed by atoms with van der Waals surface area (Å²) >= 11 is -2.57. The predicted octanol–water partition coefficient (Wildman–Crippen LogP) is 5.84. The summed E-state index contributed by atoms with van der Waals surface area (Å²) in [5, 5.41) is 20.5. The van der Waals surface area contributed by atoms with E-state index in [1.807, 2.05) is 6.08 Å². The summed E-state index contributed by atoms with van der Waals surface area (Å²) in [6, 6.07) is 0. The van der Waals surface area contributed by atoms with Crippen LogP contribution in [0.4, 0.5) is 0 Å². The van der Waals surface area contributed by atoms with Crippen LogP contribution < -0.4 is 0 Å². The van der Waals surface area contributed by atoms with E-state index < -0.39 is 18.4 Å². The summed E-state index contributed by atoms with van der Waals surface area (Å²) in [4.78, 5) is 0. The second-order valence-electron chi connectivity index (χ2n) is 7.09. The molecule has 0 aromatic heterocycles. The van der Waals surface area contributed by atoms with Crippen molar-refractivity contribution in [2.45, 2.75) is 105 Å². The van der Waals surface area contributed by atoms with Crippen molar-refractivity contribution in [1.82, 2.24) is 0 Å². The number of unbranched alkanes of at least 4 members (excludes halogenated alkanes) is 4. The number of aliphatic hydroxyl groups is 2. The Labute approximate surface area is 149 Å². The molecule has 23 heavy (non-hydrogen) atoms. The van der Waals surface area contributed by atoms with Crippen LogP contribution in [0.3, 0.4) is 0 Å². The first kappa shape index (κ1) is 23.5. The molecule has 0 radical (unpaired) electrons. The Kier molecular flexibility index (Phi) is 15.1. The van der Waals surface area contributed by atoms with Crippen molar-refractivity contribution in [3.05, 3.63) is 9.67 Å². The van der Waals surface area contributed by atoms with Gasteiger partial charge in [0, 0.05) is 0 Å². The Morgan fingerprint density at radius 3 is 1.61 bits per heavy atom. The molecule has 0 fully saturated rings. The zero-order valence-electron chi connectivity index (χ0n) is 16.2. The van der Waals surface area contributed by atoms with Gasteiger partial charge in [-0.2, -0.15) is 0 Å². The van der Waals surface area contributed by atoms with Gasteiger partial charge in [-0.25, -0.2) is 0 Å². The standard InChI is InChI=1S/C8H15O2.3C4H9.Sn/c1-2-3-5-8(10)6-4-7-9;3*1-3-4-2;/h4,8-10H,2-3,5,7H2,1H3;3*1,3-4H2,2H3;. The SMILES string of the molecule is CCCCC(O)/[C](=C\CO)[Sn]([CH2]CCC)([CH2]CCC)[CH2]CCC. The van der Waals surface area contributed by atoms with E-state index in [1.54, 1.807) is 0 Å². The maximum absolute atomic E-state index is 10.9. The molecule has 0 saturated heterocycles. The van der Waals surface area contributed by atoms with Crippen molar-refractivity contribution in [2.24, 2.45) is 0 Å². The first-order valence-electron chi connectivity index (χ1n) is 10.1. The van der Waals surface area contributed by atoms with E-state index in [4.69, 9.17) is 0 Å². The average molecular weight is 433 g/mol. The van der Waals surface area contributed by atoms with E-state index in [9.17, 15) is 10.2 Å². The summed E-state index contributed by atoms with van der Waals surface area (Å²) in [6.45, 7) is 9.11. The number of hydrogen-bond acceptors (Lipinski definition) is 2. The van der Waals surface area contributed by atoms with E-state index in [0.29, 0.717) is 0 Å². The van der Waals surface area contributed by atoms with Crippen molar-refractivity contribution in [1.29, 1.82) is 0 Å². The van der Waals surface area contributed by atoms with Gasteiger partial charge >= 0.3 is 150 Å². The van der Waals surface area contributed by atoms with Crippen molar-refractivity contribution in [3.8, 4) is 0 Å². The third-order valence-electron chi connectivity index (χ3n) is 5.14. The molecule has 0 aliphatic heterocycles. The molecule has 0 bridgehead atoms. The van der Waals surface area contributed by atoms with Crippen LogP contribution in [0.15, 0.2) is 9.67 Å². The second kappa shape index (κ2) is 14.8. The van der Waals surface area contributed by atoms with Crippen LogP contribution in [0.1, 0.15) is 85.5 Å². The summed E-state index contributed by atoms with van der Waals surface area (Å²) in [6.07, 6.45) is 12.5. The van der Waals surface area contributed by atoms with Gasteiger partial charge in [0.05, 0.1) is 0 Å². The van der Waals surface area contributed by atoms with Gasteiger partial charge in [-0.15, -0.1) is 0 Å². The van der Waals surface area contributed by atoms with Crippen molar-refractivity contribution in [3.63, 3.8) is 0 Å². The molecule has 0 heterocycles. The molecule has 1 atom stereocenters. The van der Waals surface area contributed by atoms with Crippen LogP contribution in [0.5, 0.6) is 0 Å². The Morgan fingerprint density at radius 1 is 0.826 bits per heavy atom. The minimum atomic E-state index is -2.57. The van der Waals surface area contributed by atoms with E-state index in [0.717, 1.165) is 19.3 Å². The van der Waals surface area contributed by atoms with Gasteiger partial charge in [-0.3, -0.25) is 0 Å². The molecule has 0 aromatic rings. The molecule has 2 N–H and O–H groups in total. The van der Waals surface area contributed by atoms with Gasteiger partial charge in [0.15, 0.2) is 0 Å². The molecule has 0 amide bonds. The molecule has 0 rings (SSSR count). The maximum atomic E-state index is 10.9. The summed E-state index contributed by atoms with van der Waals surface area (Å²) in [5.41, 5.74) is 0. The van der Waals surface area contributed by atoms with Gasteiger partial charge in [-0.05, 0) is 0 Å². The predicted molar refractivity (Wildman–Crippen MR) is 106 cm³/mol. The molecule has 0 aliphatic rings. The fourth-order valence-corrected chi connectivity index (χ4v) is 21.1. The van der Waals surface area contributed by atoms with Crippen molar-refractivity contribution in [2.75, 3.05) is 6.61 Å². The summed E-state index contributed by atoms with van der Waals surface area (Å²) < 4.78 is 5.44. The Hall–Kier alpha value is 0.459. The van der Waals surface area contributed by atoms with Gasteiger partial charge in [0.1, 0.15) is 0 Å². The molecule has 1 unspecified atom stereocenters. The van der Waals surface area contributed by atoms with Crippen LogP contribution in [0, 0.1) is 0 Å². The first-order chi connectivity index (χ1) is 11.1. The molecule has 0 spiro atoms. The number of rotatable bonds is 15. The number of aliphatic hydroxyl groups excluding tert-OH is 2. The third-order valence-corrected chi connectivity index (χ3v) is 21.4. The Morgan fingerprint density at radius 2 is 1.26 bits per heavy atom. The zero-order chi connectivity index (χ0) is 17.6. The minimum absolute atomic E-state index is 0.0988. The monoisotopic (exact) mass is 434 g/mol. The zero-order valence-corrected chi connectivity index (χ0v) is 19.1. The molecule has 0 aliphatic carbocycles. The Balaban J connectivity index is 5.49. The van der Waals surface area contributed by atoms with Gasteiger partial charge in [-0.1, -0.05) is 0 Å². The topological polar surface area (TPSA) is 40.5 Å². The van der Waals surface area contributed by atoms with Crippen molar-refractivity contribution < 1.29 is 10.2 Å².